The zero-order valence-electron chi connectivity index (χ0n) is 13.7. The lowest BCUT2D eigenvalue weighted by Gasteiger charge is -2.17. The van der Waals surface area contributed by atoms with Crippen LogP contribution in [0.4, 0.5) is 10.1 Å². The maximum absolute atomic E-state index is 13.8. The quantitative estimate of drug-likeness (QED) is 0.594. The van der Waals surface area contributed by atoms with Gasteiger partial charge >= 0.3 is 5.97 Å². The number of nitrogens with zero attached hydrogens (tertiary/aromatic N) is 1. The minimum atomic E-state index is -0.736. The fraction of sp³-hybridized carbons (Fsp3) is 0.211. The monoisotopic (exact) mass is 375 g/mol. The van der Waals surface area contributed by atoms with Gasteiger partial charge in [-0.3, -0.25) is 14.4 Å². The molecule has 1 aliphatic heterocycles. The summed E-state index contributed by atoms with van der Waals surface area (Å²) in [7, 11) is 0. The van der Waals surface area contributed by atoms with Crippen LogP contribution in [0.1, 0.15) is 16.8 Å². The van der Waals surface area contributed by atoms with Crippen molar-refractivity contribution in [2.75, 3.05) is 18.1 Å². The van der Waals surface area contributed by atoms with Gasteiger partial charge in [-0.25, -0.2) is 4.39 Å². The minimum Gasteiger partial charge on any atom is -0.457 e. The van der Waals surface area contributed by atoms with Crippen molar-refractivity contribution in [3.63, 3.8) is 0 Å². The molecule has 0 spiro atoms. The van der Waals surface area contributed by atoms with E-state index in [4.69, 9.17) is 16.3 Å². The molecule has 3 rings (SSSR count). The summed E-state index contributed by atoms with van der Waals surface area (Å²) in [4.78, 5) is 37.5. The first-order chi connectivity index (χ1) is 12.5. The smallest absolute Gasteiger partial charge is 0.311 e. The molecule has 1 heterocycles. The number of amides is 1. The number of rotatable bonds is 5. The van der Waals surface area contributed by atoms with Gasteiger partial charge in [0, 0.05) is 23.6 Å². The Kier molecular flexibility index (Phi) is 5.32. The molecule has 7 heteroatoms. The second-order valence-corrected chi connectivity index (χ2v) is 6.33. The molecule has 5 nitrogen and oxygen atoms in total. The van der Waals surface area contributed by atoms with Crippen molar-refractivity contribution >= 4 is 34.9 Å². The first-order valence-corrected chi connectivity index (χ1v) is 8.34. The van der Waals surface area contributed by atoms with Crippen LogP contribution in [-0.2, 0) is 14.3 Å². The highest BCUT2D eigenvalue weighted by Crippen LogP contribution is 2.27. The van der Waals surface area contributed by atoms with Gasteiger partial charge < -0.3 is 9.64 Å². The summed E-state index contributed by atoms with van der Waals surface area (Å²) in [5.74, 6) is -2.65. The van der Waals surface area contributed by atoms with Crippen molar-refractivity contribution in [2.45, 2.75) is 6.42 Å². The highest BCUT2D eigenvalue weighted by molar-refractivity contribution is 6.30. The highest BCUT2D eigenvalue weighted by atomic mass is 35.5. The molecule has 0 aromatic heterocycles. The average molecular weight is 376 g/mol. The Labute approximate surface area is 154 Å². The topological polar surface area (TPSA) is 63.7 Å². The number of esters is 1. The number of ketones is 1. The molecule has 0 radical (unpaired) electrons. The molecule has 1 amide bonds. The van der Waals surface area contributed by atoms with E-state index >= 15 is 0 Å². The maximum atomic E-state index is 13.8. The normalized spacial score (nSPS) is 16.6. The summed E-state index contributed by atoms with van der Waals surface area (Å²) in [6.45, 7) is -0.404. The summed E-state index contributed by atoms with van der Waals surface area (Å²) in [5.41, 5.74) is 0.503. The summed E-state index contributed by atoms with van der Waals surface area (Å²) in [5, 5.41) is 0.497. The van der Waals surface area contributed by atoms with E-state index in [-0.39, 0.29) is 30.3 Å². The third-order valence-corrected chi connectivity index (χ3v) is 4.37. The molecule has 1 atom stereocenters. The fourth-order valence-electron chi connectivity index (χ4n) is 2.74. The number of benzene rings is 2. The Morgan fingerprint density at radius 1 is 1.15 bits per heavy atom. The Hall–Kier alpha value is -2.73. The van der Waals surface area contributed by atoms with Crippen LogP contribution in [0.5, 0.6) is 0 Å². The van der Waals surface area contributed by atoms with E-state index in [1.165, 1.54) is 35.2 Å². The number of ether oxygens (including phenoxy) is 1. The molecule has 2 aromatic rings. The van der Waals surface area contributed by atoms with Crippen molar-refractivity contribution in [3.8, 4) is 0 Å². The molecule has 134 valence electrons. The molecule has 0 saturated carbocycles. The van der Waals surface area contributed by atoms with Gasteiger partial charge in [0.05, 0.1) is 11.6 Å². The summed E-state index contributed by atoms with van der Waals surface area (Å²) in [6.07, 6.45) is -0.0810. The van der Waals surface area contributed by atoms with Crippen LogP contribution in [0.25, 0.3) is 0 Å². The third kappa shape index (κ3) is 3.91. The Morgan fingerprint density at radius 3 is 2.54 bits per heavy atom. The molecule has 26 heavy (non-hydrogen) atoms. The van der Waals surface area contributed by atoms with E-state index in [0.717, 1.165) is 0 Å². The molecule has 0 N–H and O–H groups in total. The molecule has 0 aliphatic carbocycles. The Balaban J connectivity index is 1.59. The number of hydrogen-bond donors (Lipinski definition) is 0. The number of carbonyl (C=O) groups excluding carboxylic acids is 3. The van der Waals surface area contributed by atoms with Crippen LogP contribution in [-0.4, -0.2) is 30.8 Å². The first kappa shape index (κ1) is 18.1. The van der Waals surface area contributed by atoms with Gasteiger partial charge in [0.25, 0.3) is 0 Å². The zero-order chi connectivity index (χ0) is 18.7. The van der Waals surface area contributed by atoms with Crippen molar-refractivity contribution in [1.82, 2.24) is 0 Å². The lowest BCUT2D eigenvalue weighted by molar-refractivity contribution is -0.147. The van der Waals surface area contributed by atoms with Crippen LogP contribution in [0, 0.1) is 11.7 Å². The largest absolute Gasteiger partial charge is 0.457 e. The van der Waals surface area contributed by atoms with Gasteiger partial charge in [0.1, 0.15) is 5.82 Å². The molecule has 0 unspecified atom stereocenters. The fourth-order valence-corrected chi connectivity index (χ4v) is 2.87. The van der Waals surface area contributed by atoms with Gasteiger partial charge in [-0.1, -0.05) is 23.7 Å². The molecule has 1 aliphatic rings. The lowest BCUT2D eigenvalue weighted by atomic mass is 10.1. The standard InChI is InChI=1S/C19H15ClFNO4/c20-14-7-5-12(6-8-14)17(23)11-26-19(25)13-9-18(24)22(10-13)16-4-2-1-3-15(16)21/h1-8,13H,9-11H2/t13-/m0/s1. The van der Waals surface area contributed by atoms with Crippen LogP contribution >= 0.6 is 11.6 Å². The van der Waals surface area contributed by atoms with Crippen molar-refractivity contribution in [2.24, 2.45) is 5.92 Å². The van der Waals surface area contributed by atoms with Gasteiger partial charge in [0.15, 0.2) is 12.4 Å². The van der Waals surface area contributed by atoms with Gasteiger partial charge in [-0.15, -0.1) is 0 Å². The number of carbonyl (C=O) groups is 3. The third-order valence-electron chi connectivity index (χ3n) is 4.11. The van der Waals surface area contributed by atoms with Gasteiger partial charge in [0.2, 0.25) is 5.91 Å². The van der Waals surface area contributed by atoms with Crippen molar-refractivity contribution < 1.29 is 23.5 Å². The molecule has 1 saturated heterocycles. The Morgan fingerprint density at radius 2 is 1.85 bits per heavy atom. The van der Waals surface area contributed by atoms with Crippen LogP contribution in [0.3, 0.4) is 0 Å². The maximum Gasteiger partial charge on any atom is 0.311 e. The van der Waals surface area contributed by atoms with Gasteiger partial charge in [-0.2, -0.15) is 0 Å². The van der Waals surface area contributed by atoms with E-state index in [0.29, 0.717) is 10.6 Å². The van der Waals surface area contributed by atoms with Crippen molar-refractivity contribution in [1.29, 1.82) is 0 Å². The zero-order valence-corrected chi connectivity index (χ0v) is 14.4. The average Bonchev–Trinajstić information content (AvgIpc) is 3.02. The number of Topliss-reactive ketones (excluding diaryl/α,β-unsaturated/α-hetero) is 1. The molecular weight excluding hydrogens is 361 g/mol. The van der Waals surface area contributed by atoms with E-state index in [2.05, 4.69) is 0 Å². The van der Waals surface area contributed by atoms with Crippen LogP contribution in [0.15, 0.2) is 48.5 Å². The number of anilines is 1. The lowest BCUT2D eigenvalue weighted by Crippen LogP contribution is -2.27. The number of para-hydroxylation sites is 1. The van der Waals surface area contributed by atoms with Gasteiger partial charge in [-0.05, 0) is 36.4 Å². The summed E-state index contributed by atoms with van der Waals surface area (Å²) in [6, 6.07) is 12.1. The van der Waals surface area contributed by atoms with Crippen LogP contribution < -0.4 is 4.90 Å². The first-order valence-electron chi connectivity index (χ1n) is 7.96. The molecule has 1 fully saturated rings. The number of hydrogen-bond acceptors (Lipinski definition) is 4. The SMILES string of the molecule is O=C(COC(=O)[C@H]1CC(=O)N(c2ccccc2F)C1)c1ccc(Cl)cc1. The number of halogens is 2. The predicted molar refractivity (Wildman–Crippen MR) is 93.6 cm³/mol. The van der Waals surface area contributed by atoms with E-state index in [1.54, 1.807) is 18.2 Å². The summed E-state index contributed by atoms with van der Waals surface area (Å²) < 4.78 is 18.9. The molecule has 2 aromatic carbocycles. The Bertz CT molecular complexity index is 853. The van der Waals surface area contributed by atoms with E-state index < -0.39 is 24.3 Å². The van der Waals surface area contributed by atoms with Crippen molar-refractivity contribution in [3.05, 3.63) is 64.9 Å². The molecule has 0 bridgehead atoms. The predicted octanol–water partition coefficient (Wildman–Crippen LogP) is 3.26. The second-order valence-electron chi connectivity index (χ2n) is 5.89. The molecular formula is C19H15ClFNO4. The highest BCUT2D eigenvalue weighted by Gasteiger charge is 2.37. The van der Waals surface area contributed by atoms with Crippen LogP contribution in [0.2, 0.25) is 5.02 Å². The van der Waals surface area contributed by atoms with E-state index in [9.17, 15) is 18.8 Å². The van der Waals surface area contributed by atoms with E-state index in [1.807, 2.05) is 0 Å². The minimum absolute atomic E-state index is 0.0216. The summed E-state index contributed by atoms with van der Waals surface area (Å²) >= 11 is 5.76. The second kappa shape index (κ2) is 7.66.